The molecule has 0 aromatic heterocycles. The van der Waals surface area contributed by atoms with Crippen LogP contribution in [0.3, 0.4) is 0 Å². The summed E-state index contributed by atoms with van der Waals surface area (Å²) in [7, 11) is 0. The molecule has 0 spiro atoms. The highest BCUT2D eigenvalue weighted by Gasteiger charge is 2.27. The van der Waals surface area contributed by atoms with Gasteiger partial charge < -0.3 is 10.0 Å². The van der Waals surface area contributed by atoms with Crippen LogP contribution in [0.2, 0.25) is 0 Å². The average Bonchev–Trinajstić information content (AvgIpc) is 2.77. The van der Waals surface area contributed by atoms with Gasteiger partial charge in [-0.05, 0) is 30.5 Å². The zero-order chi connectivity index (χ0) is 12.3. The van der Waals surface area contributed by atoms with Crippen molar-refractivity contribution >= 4 is 21.8 Å². The van der Waals surface area contributed by atoms with Gasteiger partial charge in [-0.15, -0.1) is 0 Å². The van der Waals surface area contributed by atoms with Crippen LogP contribution in [0, 0.1) is 0 Å². The maximum Gasteiger partial charge on any atom is 0.227 e. The number of hydrogen-bond acceptors (Lipinski definition) is 2. The largest absolute Gasteiger partial charge is 0.394 e. The molecule has 1 amide bonds. The summed E-state index contributed by atoms with van der Waals surface area (Å²) in [5.41, 5.74) is 1.01. The van der Waals surface area contributed by atoms with E-state index in [4.69, 9.17) is 0 Å². The van der Waals surface area contributed by atoms with Gasteiger partial charge >= 0.3 is 0 Å². The number of aliphatic hydroxyl groups excluding tert-OH is 1. The summed E-state index contributed by atoms with van der Waals surface area (Å²) in [4.78, 5) is 13.9. The molecule has 0 radical (unpaired) electrons. The lowest BCUT2D eigenvalue weighted by Gasteiger charge is -2.23. The fourth-order valence-electron chi connectivity index (χ4n) is 2.28. The second kappa shape index (κ2) is 5.65. The van der Waals surface area contributed by atoms with Crippen molar-refractivity contribution in [1.82, 2.24) is 4.90 Å². The van der Waals surface area contributed by atoms with Gasteiger partial charge in [0.1, 0.15) is 0 Å². The van der Waals surface area contributed by atoms with Gasteiger partial charge in [0.25, 0.3) is 0 Å². The predicted molar refractivity (Wildman–Crippen MR) is 69.7 cm³/mol. The quantitative estimate of drug-likeness (QED) is 0.927. The molecular weight excluding hydrogens is 282 g/mol. The Morgan fingerprint density at radius 3 is 3.06 bits per heavy atom. The molecule has 92 valence electrons. The molecule has 4 heteroatoms. The van der Waals surface area contributed by atoms with Gasteiger partial charge in [-0.25, -0.2) is 0 Å². The zero-order valence-electron chi connectivity index (χ0n) is 9.60. The van der Waals surface area contributed by atoms with E-state index in [1.54, 1.807) is 4.90 Å². The van der Waals surface area contributed by atoms with Gasteiger partial charge in [0.15, 0.2) is 0 Å². The Balaban J connectivity index is 2.01. The molecule has 1 heterocycles. The Hall–Kier alpha value is -0.870. The van der Waals surface area contributed by atoms with Crippen LogP contribution in [0.1, 0.15) is 18.4 Å². The molecule has 1 aromatic rings. The molecule has 3 nitrogen and oxygen atoms in total. The van der Waals surface area contributed by atoms with Crippen molar-refractivity contribution in [3.8, 4) is 0 Å². The minimum Gasteiger partial charge on any atom is -0.394 e. The minimum atomic E-state index is 0.0228. The van der Waals surface area contributed by atoms with Crippen molar-refractivity contribution in [3.63, 3.8) is 0 Å². The summed E-state index contributed by atoms with van der Waals surface area (Å²) in [6.07, 6.45) is 2.33. The normalized spacial score (nSPS) is 19.6. The van der Waals surface area contributed by atoms with Gasteiger partial charge in [-0.1, -0.05) is 28.1 Å². The van der Waals surface area contributed by atoms with E-state index in [1.807, 2.05) is 24.3 Å². The number of rotatable bonds is 3. The first-order chi connectivity index (χ1) is 8.20. The average molecular weight is 298 g/mol. The molecular formula is C13H16BrNO2. The fraction of sp³-hybridized carbons (Fsp3) is 0.462. The van der Waals surface area contributed by atoms with Crippen LogP contribution in [-0.2, 0) is 11.2 Å². The maximum atomic E-state index is 12.1. The Kier molecular flexibility index (Phi) is 4.18. The predicted octanol–water partition coefficient (Wildman–Crippen LogP) is 1.97. The number of carbonyl (C=O) groups excluding carboxylic acids is 1. The van der Waals surface area contributed by atoms with Crippen molar-refractivity contribution in [2.45, 2.75) is 25.3 Å². The summed E-state index contributed by atoms with van der Waals surface area (Å²) in [5.74, 6) is 0.111. The van der Waals surface area contributed by atoms with Crippen LogP contribution in [0.15, 0.2) is 28.7 Å². The summed E-state index contributed by atoms with van der Waals surface area (Å²) in [6.45, 7) is 0.849. The molecule has 0 bridgehead atoms. The molecule has 2 rings (SSSR count). The lowest BCUT2D eigenvalue weighted by atomic mass is 10.1. The number of carbonyl (C=O) groups is 1. The smallest absolute Gasteiger partial charge is 0.227 e. The summed E-state index contributed by atoms with van der Waals surface area (Å²) < 4.78 is 0.989. The highest BCUT2D eigenvalue weighted by atomic mass is 79.9. The third-order valence-electron chi connectivity index (χ3n) is 3.15. The van der Waals surface area contributed by atoms with E-state index in [9.17, 15) is 9.90 Å². The number of aliphatic hydroxyl groups is 1. The minimum absolute atomic E-state index is 0.0228. The SMILES string of the molecule is O=C(Cc1cccc(Br)c1)N1CCC[C@H]1CO. The van der Waals surface area contributed by atoms with Crippen molar-refractivity contribution in [1.29, 1.82) is 0 Å². The lowest BCUT2D eigenvalue weighted by Crippen LogP contribution is -2.38. The van der Waals surface area contributed by atoms with E-state index in [-0.39, 0.29) is 18.6 Å². The zero-order valence-corrected chi connectivity index (χ0v) is 11.2. The van der Waals surface area contributed by atoms with E-state index in [0.717, 1.165) is 29.4 Å². The maximum absolute atomic E-state index is 12.1. The fourth-order valence-corrected chi connectivity index (χ4v) is 2.72. The molecule has 0 saturated carbocycles. The molecule has 1 aliphatic heterocycles. The Bertz CT molecular complexity index is 408. The lowest BCUT2D eigenvalue weighted by molar-refractivity contribution is -0.131. The summed E-state index contributed by atoms with van der Waals surface area (Å²) >= 11 is 3.40. The number of benzene rings is 1. The molecule has 1 saturated heterocycles. The van der Waals surface area contributed by atoms with Gasteiger partial charge in [-0.3, -0.25) is 4.79 Å². The van der Waals surface area contributed by atoms with E-state index >= 15 is 0 Å². The molecule has 1 N–H and O–H groups in total. The number of likely N-dealkylation sites (tertiary alicyclic amines) is 1. The van der Waals surface area contributed by atoms with E-state index < -0.39 is 0 Å². The van der Waals surface area contributed by atoms with E-state index in [0.29, 0.717) is 6.42 Å². The van der Waals surface area contributed by atoms with Crippen LogP contribution in [-0.4, -0.2) is 35.1 Å². The Labute approximate surface area is 110 Å². The Morgan fingerprint density at radius 1 is 1.53 bits per heavy atom. The summed E-state index contributed by atoms with van der Waals surface area (Å²) in [5, 5.41) is 9.19. The third kappa shape index (κ3) is 3.07. The number of amides is 1. The van der Waals surface area contributed by atoms with Gasteiger partial charge in [0.2, 0.25) is 5.91 Å². The van der Waals surface area contributed by atoms with E-state index in [1.165, 1.54) is 0 Å². The first-order valence-corrected chi connectivity index (χ1v) is 6.65. The van der Waals surface area contributed by atoms with Crippen LogP contribution in [0.5, 0.6) is 0 Å². The third-order valence-corrected chi connectivity index (χ3v) is 3.65. The van der Waals surface area contributed by atoms with Crippen molar-refractivity contribution < 1.29 is 9.90 Å². The second-order valence-electron chi connectivity index (χ2n) is 4.37. The summed E-state index contributed by atoms with van der Waals surface area (Å²) in [6, 6.07) is 7.81. The van der Waals surface area contributed by atoms with Crippen molar-refractivity contribution in [3.05, 3.63) is 34.3 Å². The highest BCUT2D eigenvalue weighted by Crippen LogP contribution is 2.19. The van der Waals surface area contributed by atoms with Gasteiger partial charge in [0.05, 0.1) is 19.1 Å². The van der Waals surface area contributed by atoms with Crippen LogP contribution < -0.4 is 0 Å². The number of hydrogen-bond donors (Lipinski definition) is 1. The molecule has 17 heavy (non-hydrogen) atoms. The molecule has 0 unspecified atom stereocenters. The van der Waals surface area contributed by atoms with Gasteiger partial charge in [-0.2, -0.15) is 0 Å². The van der Waals surface area contributed by atoms with Crippen LogP contribution in [0.25, 0.3) is 0 Å². The van der Waals surface area contributed by atoms with Crippen molar-refractivity contribution in [2.75, 3.05) is 13.2 Å². The number of halogens is 1. The van der Waals surface area contributed by atoms with Crippen LogP contribution in [0.4, 0.5) is 0 Å². The molecule has 0 aliphatic carbocycles. The topological polar surface area (TPSA) is 40.5 Å². The van der Waals surface area contributed by atoms with Crippen LogP contribution >= 0.6 is 15.9 Å². The molecule has 1 fully saturated rings. The first kappa shape index (κ1) is 12.6. The molecule has 1 atom stereocenters. The van der Waals surface area contributed by atoms with E-state index in [2.05, 4.69) is 15.9 Å². The Morgan fingerprint density at radius 2 is 2.35 bits per heavy atom. The number of nitrogens with zero attached hydrogens (tertiary/aromatic N) is 1. The first-order valence-electron chi connectivity index (χ1n) is 5.85. The van der Waals surface area contributed by atoms with Crippen molar-refractivity contribution in [2.24, 2.45) is 0 Å². The highest BCUT2D eigenvalue weighted by molar-refractivity contribution is 9.10. The molecule has 1 aliphatic rings. The molecule has 1 aromatic carbocycles. The second-order valence-corrected chi connectivity index (χ2v) is 5.29. The standard InChI is InChI=1S/C13H16BrNO2/c14-11-4-1-3-10(7-11)8-13(17)15-6-2-5-12(15)9-16/h1,3-4,7,12,16H,2,5-6,8-9H2/t12-/m0/s1. The van der Waals surface area contributed by atoms with Gasteiger partial charge in [0, 0.05) is 11.0 Å². The monoisotopic (exact) mass is 297 g/mol.